The molecule has 0 aromatic heterocycles. The molecule has 3 aliphatic rings. The fourth-order valence-electron chi connectivity index (χ4n) is 2.25. The first-order chi connectivity index (χ1) is 5.18. The van der Waals surface area contributed by atoms with E-state index in [1.165, 1.54) is 19.5 Å². The molecule has 2 unspecified atom stereocenters. The van der Waals surface area contributed by atoms with E-state index in [0.29, 0.717) is 0 Å². The zero-order valence-corrected chi connectivity index (χ0v) is 7.75. The molecule has 3 rings (SSSR count). The average Bonchev–Trinajstić information content (AvgIpc) is 2.03. The van der Waals surface area contributed by atoms with Gasteiger partial charge in [0.2, 0.25) is 0 Å². The van der Waals surface area contributed by atoms with E-state index in [-0.39, 0.29) is 0 Å². The van der Waals surface area contributed by atoms with Crippen molar-refractivity contribution < 1.29 is 0 Å². The van der Waals surface area contributed by atoms with Crippen LogP contribution in [0.5, 0.6) is 0 Å². The minimum atomic E-state index is 0.744. The average molecular weight is 154 g/mol. The smallest absolute Gasteiger partial charge is 0.0239 e. The minimum Gasteiger partial charge on any atom is -0.298 e. The molecule has 2 heteroatoms. The molecule has 2 bridgehead atoms. The van der Waals surface area contributed by atoms with Gasteiger partial charge in [-0.2, -0.15) is 0 Å². The molecule has 0 aliphatic carbocycles. The fourth-order valence-corrected chi connectivity index (χ4v) is 2.25. The maximum absolute atomic E-state index is 2.60. The largest absolute Gasteiger partial charge is 0.298 e. The number of hydrogen-bond acceptors (Lipinski definition) is 2. The molecular formula is C9H18N2. The van der Waals surface area contributed by atoms with Crippen LogP contribution in [0, 0.1) is 0 Å². The predicted molar refractivity (Wildman–Crippen MR) is 46.7 cm³/mol. The van der Waals surface area contributed by atoms with Gasteiger partial charge in [0.1, 0.15) is 0 Å². The Morgan fingerprint density at radius 1 is 1.18 bits per heavy atom. The predicted octanol–water partition coefficient (Wildman–Crippen LogP) is 0.783. The van der Waals surface area contributed by atoms with Gasteiger partial charge in [0.25, 0.3) is 0 Å². The number of piperidine rings is 1. The highest BCUT2D eigenvalue weighted by atomic mass is 15.3. The van der Waals surface area contributed by atoms with Gasteiger partial charge in [-0.15, -0.1) is 0 Å². The number of rotatable bonds is 1. The van der Waals surface area contributed by atoms with E-state index in [2.05, 4.69) is 30.7 Å². The molecule has 0 N–H and O–H groups in total. The summed E-state index contributed by atoms with van der Waals surface area (Å²) < 4.78 is 0. The highest BCUT2D eigenvalue weighted by Gasteiger charge is 2.42. The van der Waals surface area contributed by atoms with Crippen LogP contribution >= 0.6 is 0 Å². The zero-order valence-electron chi connectivity index (χ0n) is 7.75. The van der Waals surface area contributed by atoms with Gasteiger partial charge in [-0.25, -0.2) is 0 Å². The lowest BCUT2D eigenvalue weighted by atomic mass is 9.88. The van der Waals surface area contributed by atoms with Crippen molar-refractivity contribution >= 4 is 0 Å². The highest BCUT2D eigenvalue weighted by Crippen LogP contribution is 2.30. The number of hydrogen-bond donors (Lipinski definition) is 0. The highest BCUT2D eigenvalue weighted by molar-refractivity contribution is 4.99. The lowest BCUT2D eigenvalue weighted by Gasteiger charge is -2.56. The van der Waals surface area contributed by atoms with Gasteiger partial charge in [0.05, 0.1) is 0 Å². The summed E-state index contributed by atoms with van der Waals surface area (Å²) in [5.74, 6) is 0. The van der Waals surface area contributed by atoms with E-state index in [0.717, 1.165) is 18.1 Å². The van der Waals surface area contributed by atoms with Crippen LogP contribution in [0.3, 0.4) is 0 Å². The van der Waals surface area contributed by atoms with Crippen LogP contribution in [-0.2, 0) is 0 Å². The van der Waals surface area contributed by atoms with Crippen molar-refractivity contribution in [2.45, 2.75) is 38.4 Å². The Kier molecular flexibility index (Phi) is 1.69. The first kappa shape index (κ1) is 7.56. The summed E-state index contributed by atoms with van der Waals surface area (Å²) in [6.45, 7) is 7.19. The second-order valence-electron chi connectivity index (χ2n) is 4.26. The molecule has 3 aliphatic heterocycles. The number of nitrogens with zero attached hydrogens (tertiary/aromatic N) is 2. The van der Waals surface area contributed by atoms with E-state index in [1.807, 2.05) is 0 Å². The Morgan fingerprint density at radius 2 is 1.73 bits per heavy atom. The van der Waals surface area contributed by atoms with E-state index in [1.54, 1.807) is 0 Å². The van der Waals surface area contributed by atoms with Gasteiger partial charge in [0, 0.05) is 31.2 Å². The van der Waals surface area contributed by atoms with Crippen molar-refractivity contribution in [3.05, 3.63) is 0 Å². The van der Waals surface area contributed by atoms with E-state index in [9.17, 15) is 0 Å². The summed E-state index contributed by atoms with van der Waals surface area (Å²) in [7, 11) is 2.26. The summed E-state index contributed by atoms with van der Waals surface area (Å²) in [6, 6.07) is 2.49. The van der Waals surface area contributed by atoms with Gasteiger partial charge in [-0.05, 0) is 27.3 Å². The molecule has 2 atom stereocenters. The number of fused-ring (bicyclic) bond motifs is 2. The van der Waals surface area contributed by atoms with Crippen molar-refractivity contribution in [1.29, 1.82) is 0 Å². The number of likely N-dealkylation sites (N-methyl/N-ethyl adjacent to an activating group) is 1. The first-order valence-electron chi connectivity index (χ1n) is 4.64. The molecule has 3 saturated heterocycles. The van der Waals surface area contributed by atoms with Crippen LogP contribution in [0.25, 0.3) is 0 Å². The SMILES string of the molecule is CC(C)N1CC2CC(C1)N2C. The third-order valence-electron chi connectivity index (χ3n) is 3.32. The van der Waals surface area contributed by atoms with Gasteiger partial charge in [0.15, 0.2) is 0 Å². The maximum atomic E-state index is 2.60. The Labute approximate surface area is 69.2 Å². The van der Waals surface area contributed by atoms with Crippen LogP contribution in [-0.4, -0.2) is 48.1 Å². The normalized spacial score (nSPS) is 39.3. The van der Waals surface area contributed by atoms with Crippen LogP contribution in [0.2, 0.25) is 0 Å². The first-order valence-corrected chi connectivity index (χ1v) is 4.64. The standard InChI is InChI=1S/C9H18N2/c1-7(2)11-5-8-4-9(6-11)10(8)3/h7-9H,4-6H2,1-3H3. The molecule has 64 valence electrons. The topological polar surface area (TPSA) is 6.48 Å². The molecular weight excluding hydrogens is 136 g/mol. The van der Waals surface area contributed by atoms with Crippen molar-refractivity contribution in [3.63, 3.8) is 0 Å². The van der Waals surface area contributed by atoms with Crippen molar-refractivity contribution in [3.8, 4) is 0 Å². The third kappa shape index (κ3) is 1.09. The summed E-state index contributed by atoms with van der Waals surface area (Å²) >= 11 is 0. The second kappa shape index (κ2) is 2.46. The summed E-state index contributed by atoms with van der Waals surface area (Å²) in [4.78, 5) is 5.12. The third-order valence-corrected chi connectivity index (χ3v) is 3.32. The second-order valence-corrected chi connectivity index (χ2v) is 4.26. The van der Waals surface area contributed by atoms with Gasteiger partial charge >= 0.3 is 0 Å². The summed E-state index contributed by atoms with van der Waals surface area (Å²) in [5.41, 5.74) is 0. The van der Waals surface area contributed by atoms with Crippen LogP contribution in [0.1, 0.15) is 20.3 Å². The number of piperazine rings is 1. The lowest BCUT2D eigenvalue weighted by Crippen LogP contribution is -2.67. The fraction of sp³-hybridized carbons (Fsp3) is 1.00. The van der Waals surface area contributed by atoms with Crippen LogP contribution in [0.15, 0.2) is 0 Å². The van der Waals surface area contributed by atoms with Gasteiger partial charge in [-0.3, -0.25) is 9.80 Å². The molecule has 0 spiro atoms. The summed E-state index contributed by atoms with van der Waals surface area (Å²) in [6.07, 6.45) is 1.44. The molecule has 0 aromatic carbocycles. The molecule has 0 aromatic rings. The van der Waals surface area contributed by atoms with Crippen LogP contribution < -0.4 is 0 Å². The van der Waals surface area contributed by atoms with Crippen LogP contribution in [0.4, 0.5) is 0 Å². The molecule has 3 fully saturated rings. The summed E-state index contributed by atoms with van der Waals surface area (Å²) in [5, 5.41) is 0. The molecule has 0 saturated carbocycles. The lowest BCUT2D eigenvalue weighted by molar-refractivity contribution is -0.0605. The van der Waals surface area contributed by atoms with Gasteiger partial charge in [-0.1, -0.05) is 0 Å². The minimum absolute atomic E-state index is 0.744. The molecule has 0 amide bonds. The Morgan fingerprint density at radius 3 is 2.09 bits per heavy atom. The molecule has 11 heavy (non-hydrogen) atoms. The van der Waals surface area contributed by atoms with Crippen molar-refractivity contribution in [1.82, 2.24) is 9.80 Å². The van der Waals surface area contributed by atoms with E-state index < -0.39 is 0 Å². The molecule has 3 heterocycles. The Balaban J connectivity index is 1.94. The van der Waals surface area contributed by atoms with E-state index in [4.69, 9.17) is 0 Å². The monoisotopic (exact) mass is 154 g/mol. The Bertz CT molecular complexity index is 144. The quantitative estimate of drug-likeness (QED) is 0.551. The van der Waals surface area contributed by atoms with Crippen molar-refractivity contribution in [2.24, 2.45) is 0 Å². The maximum Gasteiger partial charge on any atom is 0.0239 e. The zero-order chi connectivity index (χ0) is 8.01. The van der Waals surface area contributed by atoms with E-state index >= 15 is 0 Å². The molecule has 0 radical (unpaired) electrons. The molecule has 2 nitrogen and oxygen atoms in total. The van der Waals surface area contributed by atoms with Crippen molar-refractivity contribution in [2.75, 3.05) is 20.1 Å². The van der Waals surface area contributed by atoms with Gasteiger partial charge < -0.3 is 0 Å². The Hall–Kier alpha value is -0.0800.